The van der Waals surface area contributed by atoms with Crippen LogP contribution in [0.5, 0.6) is 5.88 Å². The summed E-state index contributed by atoms with van der Waals surface area (Å²) in [6, 6.07) is 17.2. The molecule has 4 heteroatoms. The van der Waals surface area contributed by atoms with E-state index in [4.69, 9.17) is 14.7 Å². The number of hydrogen-bond acceptors (Lipinski definition) is 4. The topological polar surface area (TPSA) is 47.0 Å². The van der Waals surface area contributed by atoms with E-state index < -0.39 is 0 Å². The van der Waals surface area contributed by atoms with Crippen LogP contribution >= 0.6 is 0 Å². The lowest BCUT2D eigenvalue weighted by Gasteiger charge is -2.22. The van der Waals surface area contributed by atoms with Crippen molar-refractivity contribution in [3.63, 3.8) is 0 Å². The molecule has 2 heterocycles. The summed E-state index contributed by atoms with van der Waals surface area (Å²) >= 11 is 0. The molecule has 0 spiro atoms. The van der Waals surface area contributed by atoms with Gasteiger partial charge >= 0.3 is 0 Å². The third-order valence-electron chi connectivity index (χ3n) is 5.95. The van der Waals surface area contributed by atoms with Gasteiger partial charge in [0.25, 0.3) is 0 Å². The Hall–Kier alpha value is -2.72. The first-order chi connectivity index (χ1) is 14.8. The third kappa shape index (κ3) is 4.88. The molecule has 0 amide bonds. The lowest BCUT2D eigenvalue weighted by molar-refractivity contribution is 0.208. The van der Waals surface area contributed by atoms with Gasteiger partial charge in [0, 0.05) is 11.1 Å². The van der Waals surface area contributed by atoms with Crippen LogP contribution in [0.4, 0.5) is 0 Å². The third-order valence-corrected chi connectivity index (χ3v) is 5.95. The molecule has 1 aromatic heterocycles. The SMILES string of the molecule is CCc1ccc(-c2ncc(OCC3CCNCC3)nc2-c2ccc(CC)cc2)cc1. The fraction of sp³-hybridized carbons (Fsp3) is 0.385. The van der Waals surface area contributed by atoms with E-state index in [-0.39, 0.29) is 0 Å². The molecule has 4 nitrogen and oxygen atoms in total. The first-order valence-corrected chi connectivity index (χ1v) is 11.2. The molecule has 0 atom stereocenters. The van der Waals surface area contributed by atoms with Gasteiger partial charge in [-0.15, -0.1) is 0 Å². The highest BCUT2D eigenvalue weighted by Gasteiger charge is 2.16. The van der Waals surface area contributed by atoms with Gasteiger partial charge in [-0.25, -0.2) is 9.97 Å². The Kier molecular flexibility index (Phi) is 6.75. The van der Waals surface area contributed by atoms with Gasteiger partial charge in [0.15, 0.2) is 0 Å². The number of ether oxygens (including phenoxy) is 1. The second-order valence-corrected chi connectivity index (χ2v) is 8.01. The molecule has 1 aliphatic heterocycles. The second kappa shape index (κ2) is 9.86. The molecule has 4 rings (SSSR count). The van der Waals surface area contributed by atoms with Gasteiger partial charge in [-0.05, 0) is 55.8 Å². The molecule has 0 radical (unpaired) electrons. The smallest absolute Gasteiger partial charge is 0.232 e. The maximum atomic E-state index is 6.08. The Bertz CT molecular complexity index is 945. The number of aryl methyl sites for hydroxylation is 2. The van der Waals surface area contributed by atoms with Gasteiger partial charge in [-0.1, -0.05) is 62.4 Å². The summed E-state index contributed by atoms with van der Waals surface area (Å²) in [4.78, 5) is 9.69. The van der Waals surface area contributed by atoms with Crippen LogP contribution in [-0.2, 0) is 12.8 Å². The van der Waals surface area contributed by atoms with Crippen LogP contribution in [0.3, 0.4) is 0 Å². The molecule has 1 aliphatic rings. The summed E-state index contributed by atoms with van der Waals surface area (Å²) in [5.41, 5.74) is 6.57. The highest BCUT2D eigenvalue weighted by molar-refractivity contribution is 5.78. The molecular formula is C26H31N3O. The van der Waals surface area contributed by atoms with E-state index in [0.29, 0.717) is 18.4 Å². The first kappa shape index (κ1) is 20.5. The number of aromatic nitrogens is 2. The summed E-state index contributed by atoms with van der Waals surface area (Å²) in [5.74, 6) is 1.19. The maximum Gasteiger partial charge on any atom is 0.232 e. The van der Waals surface area contributed by atoms with Gasteiger partial charge < -0.3 is 10.1 Å². The van der Waals surface area contributed by atoms with Gasteiger partial charge in [-0.3, -0.25) is 0 Å². The molecule has 1 fully saturated rings. The van der Waals surface area contributed by atoms with Crippen molar-refractivity contribution in [2.45, 2.75) is 39.5 Å². The van der Waals surface area contributed by atoms with Gasteiger partial charge in [-0.2, -0.15) is 0 Å². The number of benzene rings is 2. The van der Waals surface area contributed by atoms with Crippen LogP contribution in [0.15, 0.2) is 54.7 Å². The molecule has 0 aliphatic carbocycles. The summed E-state index contributed by atoms with van der Waals surface area (Å²) in [6.45, 7) is 7.19. The van der Waals surface area contributed by atoms with Crippen molar-refractivity contribution in [3.05, 3.63) is 65.9 Å². The van der Waals surface area contributed by atoms with Crippen molar-refractivity contribution in [2.75, 3.05) is 19.7 Å². The molecule has 1 saturated heterocycles. The molecule has 30 heavy (non-hydrogen) atoms. The molecular weight excluding hydrogens is 370 g/mol. The van der Waals surface area contributed by atoms with Crippen molar-refractivity contribution >= 4 is 0 Å². The number of nitrogens with zero attached hydrogens (tertiary/aromatic N) is 2. The van der Waals surface area contributed by atoms with Crippen LogP contribution in [0.25, 0.3) is 22.5 Å². The van der Waals surface area contributed by atoms with E-state index in [1.807, 2.05) is 0 Å². The van der Waals surface area contributed by atoms with Gasteiger partial charge in [0.05, 0.1) is 18.5 Å². The Morgan fingerprint density at radius 3 is 1.97 bits per heavy atom. The van der Waals surface area contributed by atoms with E-state index in [9.17, 15) is 0 Å². The van der Waals surface area contributed by atoms with Crippen LogP contribution < -0.4 is 10.1 Å². The number of hydrogen-bond donors (Lipinski definition) is 1. The average Bonchev–Trinajstić information content (AvgIpc) is 2.83. The van der Waals surface area contributed by atoms with E-state index in [1.54, 1.807) is 6.20 Å². The summed E-state index contributed by atoms with van der Waals surface area (Å²) in [6.07, 6.45) is 6.13. The monoisotopic (exact) mass is 401 g/mol. The standard InChI is InChI=1S/C26H31N3O/c1-3-19-5-9-22(10-6-19)25-26(23-11-7-20(4-2)8-12-23)29-24(17-28-25)30-18-21-13-15-27-16-14-21/h5-12,17,21,27H,3-4,13-16,18H2,1-2H3. The lowest BCUT2D eigenvalue weighted by Crippen LogP contribution is -2.30. The molecule has 156 valence electrons. The molecule has 2 aromatic carbocycles. The predicted octanol–water partition coefficient (Wildman–Crippen LogP) is 5.31. The zero-order valence-electron chi connectivity index (χ0n) is 18.0. The summed E-state index contributed by atoms with van der Waals surface area (Å²) in [7, 11) is 0. The van der Waals surface area contributed by atoms with Crippen molar-refractivity contribution in [3.8, 4) is 28.4 Å². The van der Waals surface area contributed by atoms with Gasteiger partial charge in [0.1, 0.15) is 5.69 Å². The van der Waals surface area contributed by atoms with Crippen LogP contribution in [0, 0.1) is 5.92 Å². The van der Waals surface area contributed by atoms with Gasteiger partial charge in [0.2, 0.25) is 5.88 Å². The normalized spacial score (nSPS) is 14.6. The Morgan fingerprint density at radius 2 is 1.40 bits per heavy atom. The maximum absolute atomic E-state index is 6.08. The van der Waals surface area contributed by atoms with Crippen LogP contribution in [0.2, 0.25) is 0 Å². The minimum Gasteiger partial charge on any atom is -0.476 e. The predicted molar refractivity (Wildman–Crippen MR) is 123 cm³/mol. The average molecular weight is 402 g/mol. The van der Waals surface area contributed by atoms with Crippen LogP contribution in [-0.4, -0.2) is 29.7 Å². The van der Waals surface area contributed by atoms with E-state index in [1.165, 1.54) is 11.1 Å². The first-order valence-electron chi connectivity index (χ1n) is 11.2. The second-order valence-electron chi connectivity index (χ2n) is 8.01. The largest absolute Gasteiger partial charge is 0.476 e. The molecule has 1 N–H and O–H groups in total. The van der Waals surface area contributed by atoms with Crippen molar-refractivity contribution in [1.82, 2.24) is 15.3 Å². The van der Waals surface area contributed by atoms with Crippen molar-refractivity contribution < 1.29 is 4.74 Å². The zero-order chi connectivity index (χ0) is 20.8. The number of nitrogens with one attached hydrogen (secondary N) is 1. The summed E-state index contributed by atoms with van der Waals surface area (Å²) in [5, 5.41) is 3.40. The molecule has 0 bridgehead atoms. The van der Waals surface area contributed by atoms with Crippen molar-refractivity contribution in [1.29, 1.82) is 0 Å². The molecule has 3 aromatic rings. The Balaban J connectivity index is 1.65. The number of piperidine rings is 1. The van der Waals surface area contributed by atoms with Crippen LogP contribution in [0.1, 0.15) is 37.8 Å². The van der Waals surface area contributed by atoms with E-state index in [2.05, 4.69) is 67.7 Å². The minimum absolute atomic E-state index is 0.585. The lowest BCUT2D eigenvalue weighted by atomic mass is 9.99. The zero-order valence-corrected chi connectivity index (χ0v) is 18.0. The summed E-state index contributed by atoms with van der Waals surface area (Å²) < 4.78 is 6.08. The van der Waals surface area contributed by atoms with Crippen molar-refractivity contribution in [2.24, 2.45) is 5.92 Å². The Labute approximate surface area is 179 Å². The molecule has 0 saturated carbocycles. The fourth-order valence-corrected chi connectivity index (χ4v) is 3.90. The minimum atomic E-state index is 0.585. The molecule has 0 unspecified atom stereocenters. The Morgan fingerprint density at radius 1 is 0.833 bits per heavy atom. The van der Waals surface area contributed by atoms with E-state index in [0.717, 1.165) is 61.3 Å². The van der Waals surface area contributed by atoms with E-state index >= 15 is 0 Å². The fourth-order valence-electron chi connectivity index (χ4n) is 3.90. The number of rotatable bonds is 7. The highest BCUT2D eigenvalue weighted by Crippen LogP contribution is 2.31. The highest BCUT2D eigenvalue weighted by atomic mass is 16.5. The quantitative estimate of drug-likeness (QED) is 0.582.